The number of aliphatic hydroxyl groups is 1. The first-order chi connectivity index (χ1) is 18.4. The van der Waals surface area contributed by atoms with E-state index >= 15 is 0 Å². The molecule has 2 aromatic rings. The molecule has 0 radical (unpaired) electrons. The van der Waals surface area contributed by atoms with Crippen molar-refractivity contribution < 1.29 is 33.7 Å². The summed E-state index contributed by atoms with van der Waals surface area (Å²) in [7, 11) is 1.55. The molecule has 38 heavy (non-hydrogen) atoms. The minimum absolute atomic E-state index is 0.0000808. The second-order valence-electron chi connectivity index (χ2n) is 9.72. The molecule has 0 aromatic heterocycles. The van der Waals surface area contributed by atoms with E-state index in [0.29, 0.717) is 48.1 Å². The third-order valence-corrected chi connectivity index (χ3v) is 6.96. The Labute approximate surface area is 223 Å². The quantitative estimate of drug-likeness (QED) is 0.384. The SMILES string of the molecule is COc1ccc(C(=O)CCC(=O)CCC(=O)N[C@H](CN2CCCC2)[C@H](O)c2ccc3c(c2)OCCO3)cc1. The topological polar surface area (TPSA) is 114 Å². The largest absolute Gasteiger partial charge is 0.497 e. The van der Waals surface area contributed by atoms with Crippen LogP contribution in [-0.4, -0.2) is 73.5 Å². The number of ketones is 2. The first-order valence-corrected chi connectivity index (χ1v) is 13.2. The van der Waals surface area contributed by atoms with Gasteiger partial charge in [-0.25, -0.2) is 0 Å². The number of likely N-dealkylation sites (tertiary alicyclic amines) is 1. The third kappa shape index (κ3) is 7.55. The molecule has 0 aliphatic carbocycles. The molecule has 0 saturated carbocycles. The van der Waals surface area contributed by atoms with Crippen LogP contribution in [0.15, 0.2) is 42.5 Å². The summed E-state index contributed by atoms with van der Waals surface area (Å²) in [6, 6.07) is 11.5. The lowest BCUT2D eigenvalue weighted by Gasteiger charge is -2.29. The number of hydrogen-bond acceptors (Lipinski definition) is 8. The lowest BCUT2D eigenvalue weighted by atomic mass is 10.00. The van der Waals surface area contributed by atoms with E-state index in [1.165, 1.54) is 0 Å². The van der Waals surface area contributed by atoms with E-state index < -0.39 is 12.1 Å². The average molecular weight is 525 g/mol. The lowest BCUT2D eigenvalue weighted by Crippen LogP contribution is -2.46. The van der Waals surface area contributed by atoms with Gasteiger partial charge in [0.2, 0.25) is 5.91 Å². The monoisotopic (exact) mass is 524 g/mol. The van der Waals surface area contributed by atoms with Crippen LogP contribution in [0.5, 0.6) is 17.2 Å². The molecule has 2 aliphatic heterocycles. The van der Waals surface area contributed by atoms with Crippen LogP contribution >= 0.6 is 0 Å². The van der Waals surface area contributed by atoms with Crippen molar-refractivity contribution >= 4 is 17.5 Å². The zero-order valence-corrected chi connectivity index (χ0v) is 21.8. The Bertz CT molecular complexity index is 1110. The molecule has 2 aromatic carbocycles. The predicted octanol–water partition coefficient (Wildman–Crippen LogP) is 3.09. The van der Waals surface area contributed by atoms with Gasteiger partial charge in [-0.15, -0.1) is 0 Å². The molecule has 2 atom stereocenters. The predicted molar refractivity (Wildman–Crippen MR) is 141 cm³/mol. The summed E-state index contributed by atoms with van der Waals surface area (Å²) in [6.45, 7) is 3.27. The third-order valence-electron chi connectivity index (χ3n) is 6.96. The van der Waals surface area contributed by atoms with Crippen molar-refractivity contribution in [3.8, 4) is 17.2 Å². The highest BCUT2D eigenvalue weighted by molar-refractivity contribution is 5.98. The Balaban J connectivity index is 1.29. The zero-order chi connectivity index (χ0) is 26.9. The summed E-state index contributed by atoms with van der Waals surface area (Å²) in [5.41, 5.74) is 1.15. The average Bonchev–Trinajstić information content (AvgIpc) is 3.47. The van der Waals surface area contributed by atoms with Crippen molar-refractivity contribution in [2.24, 2.45) is 0 Å². The van der Waals surface area contributed by atoms with Crippen LogP contribution in [0.4, 0.5) is 0 Å². The van der Waals surface area contributed by atoms with E-state index in [9.17, 15) is 19.5 Å². The summed E-state index contributed by atoms with van der Waals surface area (Å²) in [4.78, 5) is 39.8. The smallest absolute Gasteiger partial charge is 0.220 e. The fraction of sp³-hybridized carbons (Fsp3) is 0.483. The summed E-state index contributed by atoms with van der Waals surface area (Å²) < 4.78 is 16.3. The molecular weight excluding hydrogens is 488 g/mol. The highest BCUT2D eigenvalue weighted by Gasteiger charge is 2.28. The molecular formula is C29H36N2O7. The van der Waals surface area contributed by atoms with Gasteiger partial charge in [0.25, 0.3) is 0 Å². The summed E-state index contributed by atoms with van der Waals surface area (Å²) in [5, 5.41) is 14.2. The van der Waals surface area contributed by atoms with Crippen LogP contribution in [0, 0.1) is 0 Å². The second-order valence-corrected chi connectivity index (χ2v) is 9.72. The van der Waals surface area contributed by atoms with Gasteiger partial charge < -0.3 is 29.5 Å². The number of carbonyl (C=O) groups excluding carboxylic acids is 3. The molecule has 2 aliphatic rings. The first kappa shape index (κ1) is 27.6. The van der Waals surface area contributed by atoms with Gasteiger partial charge in [-0.3, -0.25) is 14.4 Å². The number of aliphatic hydroxyl groups excluding tert-OH is 1. The molecule has 1 saturated heterocycles. The molecule has 4 rings (SSSR count). The Morgan fingerprint density at radius 1 is 0.947 bits per heavy atom. The van der Waals surface area contributed by atoms with Gasteiger partial charge >= 0.3 is 0 Å². The van der Waals surface area contributed by atoms with Crippen molar-refractivity contribution in [3.63, 3.8) is 0 Å². The number of amides is 1. The molecule has 1 amide bonds. The van der Waals surface area contributed by atoms with E-state index in [4.69, 9.17) is 14.2 Å². The van der Waals surface area contributed by atoms with Crippen molar-refractivity contribution in [3.05, 3.63) is 53.6 Å². The summed E-state index contributed by atoms with van der Waals surface area (Å²) in [5.74, 6) is 1.29. The van der Waals surface area contributed by atoms with Crippen LogP contribution in [0.3, 0.4) is 0 Å². The van der Waals surface area contributed by atoms with Gasteiger partial charge in [-0.1, -0.05) is 6.07 Å². The van der Waals surface area contributed by atoms with Crippen LogP contribution < -0.4 is 19.5 Å². The van der Waals surface area contributed by atoms with Gasteiger partial charge in [0, 0.05) is 37.8 Å². The number of ether oxygens (including phenoxy) is 3. The molecule has 1 fully saturated rings. The van der Waals surface area contributed by atoms with Gasteiger partial charge in [-0.2, -0.15) is 0 Å². The van der Waals surface area contributed by atoms with E-state index in [-0.39, 0.29) is 43.2 Å². The Morgan fingerprint density at radius 2 is 1.63 bits per heavy atom. The fourth-order valence-corrected chi connectivity index (χ4v) is 4.78. The number of nitrogens with zero attached hydrogens (tertiary/aromatic N) is 1. The van der Waals surface area contributed by atoms with Crippen molar-refractivity contribution in [2.75, 3.05) is 40.0 Å². The molecule has 2 heterocycles. The summed E-state index contributed by atoms with van der Waals surface area (Å²) in [6.07, 6.45) is 1.43. The fourth-order valence-electron chi connectivity index (χ4n) is 4.78. The van der Waals surface area contributed by atoms with Gasteiger partial charge in [0.05, 0.1) is 13.2 Å². The van der Waals surface area contributed by atoms with Crippen molar-refractivity contribution in [2.45, 2.75) is 50.7 Å². The molecule has 2 N–H and O–H groups in total. The van der Waals surface area contributed by atoms with Gasteiger partial charge in [0.1, 0.15) is 30.9 Å². The van der Waals surface area contributed by atoms with Crippen LogP contribution in [0.25, 0.3) is 0 Å². The van der Waals surface area contributed by atoms with Crippen LogP contribution in [-0.2, 0) is 9.59 Å². The Kier molecular flexibility index (Phi) is 9.73. The standard InChI is InChI=1S/C29H36N2O7/c1-36-23-9-4-20(5-10-23)25(33)11-7-22(32)8-13-28(34)30-24(19-31-14-2-3-15-31)29(35)21-6-12-26-27(18-21)38-17-16-37-26/h4-6,9-10,12,18,24,29,35H,2-3,7-8,11,13-17,19H2,1H3,(H,30,34)/t24-,29-/m1/s1. The Morgan fingerprint density at radius 3 is 2.34 bits per heavy atom. The molecule has 0 bridgehead atoms. The number of nitrogens with one attached hydrogen (secondary N) is 1. The normalized spacial score (nSPS) is 16.5. The van der Waals surface area contributed by atoms with Crippen LogP contribution in [0.2, 0.25) is 0 Å². The highest BCUT2D eigenvalue weighted by Crippen LogP contribution is 2.33. The molecule has 204 valence electrons. The molecule has 0 spiro atoms. The molecule has 0 unspecified atom stereocenters. The van der Waals surface area contributed by atoms with E-state index in [2.05, 4.69) is 10.2 Å². The number of hydrogen-bond donors (Lipinski definition) is 2. The van der Waals surface area contributed by atoms with Crippen LogP contribution in [0.1, 0.15) is 60.6 Å². The number of benzene rings is 2. The van der Waals surface area contributed by atoms with Crippen molar-refractivity contribution in [1.82, 2.24) is 10.2 Å². The first-order valence-electron chi connectivity index (χ1n) is 13.2. The molecule has 9 heteroatoms. The number of rotatable bonds is 13. The second kappa shape index (κ2) is 13.4. The maximum atomic E-state index is 12.8. The van der Waals surface area contributed by atoms with E-state index in [1.54, 1.807) is 49.6 Å². The minimum atomic E-state index is -0.951. The minimum Gasteiger partial charge on any atom is -0.497 e. The molecule has 9 nitrogen and oxygen atoms in total. The van der Waals surface area contributed by atoms with Crippen molar-refractivity contribution in [1.29, 1.82) is 0 Å². The zero-order valence-electron chi connectivity index (χ0n) is 21.8. The Hall–Kier alpha value is -3.43. The van der Waals surface area contributed by atoms with Gasteiger partial charge in [0.15, 0.2) is 17.3 Å². The highest BCUT2D eigenvalue weighted by atomic mass is 16.6. The van der Waals surface area contributed by atoms with E-state index in [1.807, 2.05) is 0 Å². The lowest BCUT2D eigenvalue weighted by molar-refractivity contribution is -0.126. The number of methoxy groups -OCH3 is 1. The maximum Gasteiger partial charge on any atom is 0.220 e. The van der Waals surface area contributed by atoms with E-state index in [0.717, 1.165) is 25.9 Å². The van der Waals surface area contributed by atoms with Gasteiger partial charge in [-0.05, 0) is 67.9 Å². The number of Topliss-reactive ketones (excluding diaryl/α,β-unsaturated/α-hetero) is 2. The maximum absolute atomic E-state index is 12.8. The summed E-state index contributed by atoms with van der Waals surface area (Å²) >= 11 is 0. The number of carbonyl (C=O) groups is 3. The number of fused-ring (bicyclic) bond motifs is 1.